The van der Waals surface area contributed by atoms with Gasteiger partial charge in [-0.25, -0.2) is 0 Å². The smallest absolute Gasteiger partial charge is 1.00 e. The molecule has 2 fully saturated rings. The predicted octanol–water partition coefficient (Wildman–Crippen LogP) is 4.77. The zero-order valence-corrected chi connectivity index (χ0v) is 31.2. The van der Waals surface area contributed by atoms with Crippen LogP contribution in [0, 0.1) is 27.6 Å². The van der Waals surface area contributed by atoms with Crippen molar-refractivity contribution in [2.75, 3.05) is 0 Å². The zero-order valence-electron chi connectivity index (χ0n) is 27.2. The molecule has 0 bridgehead atoms. The summed E-state index contributed by atoms with van der Waals surface area (Å²) in [5, 5.41) is 0. The van der Waals surface area contributed by atoms with Crippen LogP contribution in [0.2, 0.25) is 3.12 Å². The number of hydrogen-bond donors (Lipinski definition) is 0. The van der Waals surface area contributed by atoms with E-state index in [9.17, 15) is 0 Å². The molecule has 1 aromatic rings. The number of rotatable bonds is 2. The first-order chi connectivity index (χ1) is 18.9. The molecule has 42 heavy (non-hydrogen) atoms. The predicted molar refractivity (Wildman–Crippen MR) is 169 cm³/mol. The Balaban J connectivity index is 0.00000176. The van der Waals surface area contributed by atoms with Gasteiger partial charge in [-0.3, -0.25) is 0 Å². The summed E-state index contributed by atoms with van der Waals surface area (Å²) in [4.78, 5) is 0. The van der Waals surface area contributed by atoms with Gasteiger partial charge in [-0.15, -0.1) is 0 Å². The van der Waals surface area contributed by atoms with Gasteiger partial charge in [0.2, 0.25) is 0 Å². The van der Waals surface area contributed by atoms with Crippen LogP contribution < -0.4 is 24.8 Å². The Morgan fingerprint density at radius 1 is 0.810 bits per heavy atom. The Bertz CT molecular complexity index is 1500. The monoisotopic (exact) mass is 678 g/mol. The zero-order chi connectivity index (χ0) is 28.3. The van der Waals surface area contributed by atoms with Gasteiger partial charge >= 0.3 is 253 Å². The van der Waals surface area contributed by atoms with Crippen LogP contribution in [0.15, 0.2) is 74.6 Å². The van der Waals surface area contributed by atoms with E-state index in [0.717, 1.165) is 6.42 Å². The van der Waals surface area contributed by atoms with Crippen molar-refractivity contribution >= 4 is 8.78 Å². The second-order valence-electron chi connectivity index (χ2n) is 15.8. The molecule has 7 rings (SSSR count). The minimum atomic E-state index is -2.37. The minimum Gasteiger partial charge on any atom is -1.00 e. The summed E-state index contributed by atoms with van der Waals surface area (Å²) in [6, 6.07) is 9.45. The summed E-state index contributed by atoms with van der Waals surface area (Å²) >= 11 is -2.37. The van der Waals surface area contributed by atoms with E-state index >= 15 is 0 Å². The first-order valence-electron chi connectivity index (χ1n) is 16.2. The third-order valence-electron chi connectivity index (χ3n) is 14.4. The molecule has 0 spiro atoms. The Morgan fingerprint density at radius 3 is 2.17 bits per heavy atom. The quantitative estimate of drug-likeness (QED) is 0.423. The molecule has 0 N–H and O–H groups in total. The molecule has 6 aliphatic carbocycles. The summed E-state index contributed by atoms with van der Waals surface area (Å²) in [6.07, 6.45) is 23.0. The molecule has 0 amide bonds. The Kier molecular flexibility index (Phi) is 8.29. The van der Waals surface area contributed by atoms with Gasteiger partial charge in [0, 0.05) is 0 Å². The first-order valence-corrected chi connectivity index (χ1v) is 19.9. The van der Waals surface area contributed by atoms with Gasteiger partial charge in [-0.2, -0.15) is 0 Å². The van der Waals surface area contributed by atoms with Crippen LogP contribution in [0.3, 0.4) is 0 Å². The minimum absolute atomic E-state index is 0. The van der Waals surface area contributed by atoms with Crippen molar-refractivity contribution in [1.82, 2.24) is 0 Å². The van der Waals surface area contributed by atoms with Crippen molar-refractivity contribution in [2.45, 2.75) is 110 Å². The third-order valence-corrected chi connectivity index (χ3v) is 24.4. The summed E-state index contributed by atoms with van der Waals surface area (Å²) in [6.45, 7) is 21.8. The molecule has 0 nitrogen and oxygen atoms in total. The molecule has 224 valence electrons. The number of fused-ring (bicyclic) bond motifs is 6. The maximum Gasteiger partial charge on any atom is -1.00 e. The van der Waals surface area contributed by atoms with Crippen molar-refractivity contribution in [2.24, 2.45) is 27.6 Å². The van der Waals surface area contributed by atoms with E-state index in [0.29, 0.717) is 5.92 Å². The second kappa shape index (κ2) is 10.7. The number of benzene rings is 1. The SMILES string of the molecule is CC12C(=C3Cc4ccccc4C3=C3C=CCCC31)[C](C)([Zr+2]([C]1=CC=CC1)=[C]1CCCC1)C(C)(C)C(C)(C)C2(C)C.[Cl-].[Cl-]. The van der Waals surface area contributed by atoms with Gasteiger partial charge in [-0.1, -0.05) is 0 Å². The standard InChI is InChI=1S/C29H37.C5H8.C5H5.2ClH.Zr/c1-18-25-22-17-19-13-9-10-14-20(19)24(22)21-15-11-12-16-23(21)29(25,8)28(6,7)27(4,5)26(18,2)3;2*1-2-4-5-3-1;;;/h9-11,13-15,23H,12,16-17H2,1-8H3;1-4H2;1-3H,4H2;2*1H;/q;;;;;+2/p-2. The molecule has 0 saturated heterocycles. The number of allylic oxidation sites excluding steroid dienone is 10. The van der Waals surface area contributed by atoms with Crippen LogP contribution in [0.4, 0.5) is 0 Å². The van der Waals surface area contributed by atoms with Crippen molar-refractivity contribution in [3.05, 3.63) is 85.8 Å². The second-order valence-corrected chi connectivity index (χ2v) is 23.4. The Labute approximate surface area is 276 Å². The van der Waals surface area contributed by atoms with Crippen molar-refractivity contribution in [3.63, 3.8) is 0 Å². The third kappa shape index (κ3) is 3.78. The molecule has 1 aromatic carbocycles. The van der Waals surface area contributed by atoms with Crippen LogP contribution in [0.5, 0.6) is 0 Å². The Hall–Kier alpha value is -0.747. The van der Waals surface area contributed by atoms with E-state index in [1.165, 1.54) is 44.9 Å². The van der Waals surface area contributed by atoms with Crippen LogP contribution >= 0.6 is 0 Å². The summed E-state index contributed by atoms with van der Waals surface area (Å²) < 4.78 is 4.17. The topological polar surface area (TPSA) is 0 Å². The molecular formula is C39H50Cl2Zr. The van der Waals surface area contributed by atoms with Gasteiger partial charge in [0.15, 0.2) is 0 Å². The molecule has 3 heteroatoms. The molecule has 3 atom stereocenters. The maximum atomic E-state index is 2.86. The summed E-state index contributed by atoms with van der Waals surface area (Å²) in [7, 11) is 0. The molecule has 3 unspecified atom stereocenters. The van der Waals surface area contributed by atoms with Crippen molar-refractivity contribution in [3.8, 4) is 0 Å². The van der Waals surface area contributed by atoms with Gasteiger partial charge in [0.1, 0.15) is 0 Å². The average Bonchev–Trinajstić information content (AvgIpc) is 3.70. The number of halogens is 2. The van der Waals surface area contributed by atoms with Crippen LogP contribution in [-0.2, 0) is 27.7 Å². The summed E-state index contributed by atoms with van der Waals surface area (Å²) in [5.74, 6) is 0.594. The first kappa shape index (κ1) is 32.6. The maximum absolute atomic E-state index is 2.86. The van der Waals surface area contributed by atoms with Crippen molar-refractivity contribution < 1.29 is 46.1 Å². The van der Waals surface area contributed by atoms with Gasteiger partial charge in [-0.05, 0) is 0 Å². The fraction of sp³-hybridized carbons (Fsp3) is 0.564. The van der Waals surface area contributed by atoms with E-state index in [1.807, 2.05) is 8.85 Å². The largest absolute Gasteiger partial charge is 1.00 e. The van der Waals surface area contributed by atoms with Gasteiger partial charge in [0.05, 0.1) is 0 Å². The van der Waals surface area contributed by atoms with E-state index in [1.54, 1.807) is 27.8 Å². The summed E-state index contributed by atoms with van der Waals surface area (Å²) in [5.41, 5.74) is 10.8. The molecule has 6 aliphatic rings. The van der Waals surface area contributed by atoms with E-state index in [4.69, 9.17) is 0 Å². The van der Waals surface area contributed by atoms with Crippen LogP contribution in [0.25, 0.3) is 5.57 Å². The molecule has 0 aliphatic heterocycles. The van der Waals surface area contributed by atoms with Crippen LogP contribution in [-0.4, -0.2) is 3.21 Å². The fourth-order valence-corrected chi connectivity index (χ4v) is 22.9. The van der Waals surface area contributed by atoms with E-state index in [2.05, 4.69) is 113 Å². The molecular weight excluding hydrogens is 631 g/mol. The molecule has 2 saturated carbocycles. The van der Waals surface area contributed by atoms with E-state index in [-0.39, 0.29) is 49.6 Å². The average molecular weight is 681 g/mol. The van der Waals surface area contributed by atoms with Gasteiger partial charge in [0.25, 0.3) is 0 Å². The van der Waals surface area contributed by atoms with Gasteiger partial charge < -0.3 is 24.8 Å². The van der Waals surface area contributed by atoms with Crippen LogP contribution in [0.1, 0.15) is 111 Å². The normalized spacial score (nSPS) is 32.6. The molecule has 0 heterocycles. The van der Waals surface area contributed by atoms with E-state index < -0.39 is 21.3 Å². The Morgan fingerprint density at radius 2 is 1.50 bits per heavy atom. The number of hydrogen-bond acceptors (Lipinski definition) is 0. The fourth-order valence-electron chi connectivity index (χ4n) is 11.0. The molecule has 0 aromatic heterocycles. The molecule has 0 radical (unpaired) electrons. The van der Waals surface area contributed by atoms with Crippen molar-refractivity contribution in [1.29, 1.82) is 0 Å².